The number of nitrogens with zero attached hydrogens (tertiary/aromatic N) is 3. The molecule has 3 atom stereocenters. The van der Waals surface area contributed by atoms with Crippen molar-refractivity contribution in [3.8, 4) is 22.3 Å². The highest BCUT2D eigenvalue weighted by Gasteiger charge is 2.64. The fourth-order valence-corrected chi connectivity index (χ4v) is 6.39. The maximum Gasteiger partial charge on any atom is 0.270 e. The number of aromatic amines is 1. The van der Waals surface area contributed by atoms with Gasteiger partial charge in [-0.05, 0) is 31.2 Å². The lowest BCUT2D eigenvalue weighted by atomic mass is 9.91. The van der Waals surface area contributed by atoms with Crippen molar-refractivity contribution in [2.75, 3.05) is 11.9 Å². The van der Waals surface area contributed by atoms with E-state index in [0.29, 0.717) is 24.3 Å². The molecular weight excluding hydrogens is 713 g/mol. The Morgan fingerprint density at radius 3 is 1.84 bits per heavy atom. The Morgan fingerprint density at radius 2 is 1.29 bits per heavy atom. The van der Waals surface area contributed by atoms with Crippen LogP contribution in [0.15, 0.2) is 90.8 Å². The van der Waals surface area contributed by atoms with Crippen molar-refractivity contribution in [1.82, 2.24) is 20.2 Å². The number of aryl methyl sites for hydroxylation is 1. The summed E-state index contributed by atoms with van der Waals surface area (Å²) < 4.78 is 132. The number of nitrogens with one attached hydrogen (secondary N) is 2. The highest BCUT2D eigenvalue weighted by atomic mass is 35.5. The van der Waals surface area contributed by atoms with Gasteiger partial charge in [0.05, 0.1) is 30.3 Å². The van der Waals surface area contributed by atoms with Crippen LogP contribution < -0.4 is 14.9 Å². The molecule has 0 saturated carbocycles. The third kappa shape index (κ3) is 5.94. The number of para-hydroxylation sites is 2. The summed E-state index contributed by atoms with van der Waals surface area (Å²) >= 11 is 5.87. The average Bonchev–Trinajstić information content (AvgIpc) is 3.66. The highest BCUT2D eigenvalue weighted by molar-refractivity contribution is 6.22. The van der Waals surface area contributed by atoms with Crippen LogP contribution >= 0.6 is 11.6 Å². The van der Waals surface area contributed by atoms with E-state index in [1.54, 1.807) is 0 Å². The quantitative estimate of drug-likeness (QED) is 0.0724. The van der Waals surface area contributed by atoms with E-state index in [9.17, 15) is 22.4 Å². The number of alkyl halides is 4. The number of aromatic nitrogens is 2. The molecule has 1 aliphatic rings. The predicted octanol–water partition coefficient (Wildman–Crippen LogP) is 9.13. The molecule has 1 amide bonds. The number of rotatable bonds is 8. The van der Waals surface area contributed by atoms with Crippen molar-refractivity contribution in [2.45, 2.75) is 24.5 Å². The first-order valence-electron chi connectivity index (χ1n) is 14.9. The van der Waals surface area contributed by atoms with Crippen LogP contribution in [0.3, 0.4) is 0 Å². The average molecular weight is 737 g/mol. The number of benzene rings is 4. The second-order valence-electron chi connectivity index (χ2n) is 11.7. The first-order chi connectivity index (χ1) is 24.1. The molecule has 6 rings (SSSR count). The van der Waals surface area contributed by atoms with Crippen molar-refractivity contribution in [3.05, 3.63) is 131 Å². The summed E-state index contributed by atoms with van der Waals surface area (Å²) in [6.45, 7) is 1.46. The molecule has 0 radical (unpaired) electrons. The summed E-state index contributed by atoms with van der Waals surface area (Å²) in [5, 5.41) is 6.48. The van der Waals surface area contributed by atoms with E-state index in [2.05, 4.69) is 15.6 Å². The second-order valence-corrected chi connectivity index (χ2v) is 12.1. The van der Waals surface area contributed by atoms with E-state index >= 15 is 22.0 Å². The van der Waals surface area contributed by atoms with Gasteiger partial charge in [-0.1, -0.05) is 41.9 Å². The summed E-state index contributed by atoms with van der Waals surface area (Å²) in [7, 11) is 1.20. The van der Waals surface area contributed by atoms with Crippen LogP contribution in [-0.4, -0.2) is 40.7 Å². The molecule has 0 saturated heterocycles. The van der Waals surface area contributed by atoms with Gasteiger partial charge in [-0.25, -0.2) is 39.5 Å². The molecule has 0 bridgehead atoms. The van der Waals surface area contributed by atoms with Gasteiger partial charge in [0, 0.05) is 40.5 Å². The Labute approximate surface area is 288 Å². The van der Waals surface area contributed by atoms with Gasteiger partial charge >= 0.3 is 0 Å². The number of halogens is 10. The molecule has 1 aromatic heterocycles. The molecule has 51 heavy (non-hydrogen) atoms. The van der Waals surface area contributed by atoms with Gasteiger partial charge in [0.15, 0.2) is 29.0 Å². The Balaban J connectivity index is 1.61. The number of hydrogen-bond donors (Lipinski definition) is 2. The number of carbonyl (C=O) groups is 1. The molecule has 2 N–H and O–H groups in total. The summed E-state index contributed by atoms with van der Waals surface area (Å²) in [5.74, 6) is -9.61. The lowest BCUT2D eigenvalue weighted by Crippen LogP contribution is -2.65. The third-order valence-corrected chi connectivity index (χ3v) is 8.91. The SMILES string of the molecule is Cc1[nH]ncc1N(C(=O)C1=C[N+](C)(c2ccccc2-c2cc(F)c(F)cc2F)NC1(C(F)F)C(F)Cl)c1ccccc1-c1cc(F)c(F)cc1F. The monoisotopic (exact) mass is 736 g/mol. The number of H-pyrrole nitrogens is 1. The van der Waals surface area contributed by atoms with Crippen LogP contribution in [0.4, 0.5) is 56.6 Å². The van der Waals surface area contributed by atoms with Crippen molar-refractivity contribution < 1.29 is 44.3 Å². The number of anilines is 2. The van der Waals surface area contributed by atoms with Crippen LogP contribution in [0.25, 0.3) is 22.3 Å². The zero-order valence-corrected chi connectivity index (χ0v) is 27.0. The Kier molecular flexibility index (Phi) is 9.25. The van der Waals surface area contributed by atoms with Crippen molar-refractivity contribution in [3.63, 3.8) is 0 Å². The normalized spacial score (nSPS) is 19.4. The molecule has 3 unspecified atom stereocenters. The van der Waals surface area contributed by atoms with Crippen molar-refractivity contribution in [2.24, 2.45) is 0 Å². The van der Waals surface area contributed by atoms with Gasteiger partial charge in [-0.3, -0.25) is 14.8 Å². The van der Waals surface area contributed by atoms with Gasteiger partial charge in [-0.2, -0.15) is 9.69 Å². The van der Waals surface area contributed by atoms with E-state index in [1.807, 2.05) is 0 Å². The Morgan fingerprint density at radius 1 is 0.765 bits per heavy atom. The van der Waals surface area contributed by atoms with Crippen molar-refractivity contribution >= 4 is 34.6 Å². The van der Waals surface area contributed by atoms with E-state index < -0.39 is 79.7 Å². The minimum Gasteiger partial charge on any atom is -0.281 e. The van der Waals surface area contributed by atoms with E-state index in [4.69, 9.17) is 11.6 Å². The lowest BCUT2D eigenvalue weighted by Gasteiger charge is -2.36. The molecule has 2 heterocycles. The van der Waals surface area contributed by atoms with Gasteiger partial charge in [0.1, 0.15) is 23.4 Å². The summed E-state index contributed by atoms with van der Waals surface area (Å²) in [6.07, 6.45) is -1.73. The molecule has 0 fully saturated rings. The first kappa shape index (κ1) is 35.7. The van der Waals surface area contributed by atoms with Crippen molar-refractivity contribution in [1.29, 1.82) is 0 Å². The lowest BCUT2D eigenvalue weighted by molar-refractivity contribution is -0.116. The molecule has 0 aliphatic carbocycles. The van der Waals surface area contributed by atoms with Crippen LogP contribution in [0, 0.1) is 41.8 Å². The maximum absolute atomic E-state index is 15.6. The van der Waals surface area contributed by atoms with E-state index in [1.165, 1.54) is 62.5 Å². The van der Waals surface area contributed by atoms with Gasteiger partial charge < -0.3 is 0 Å². The predicted molar refractivity (Wildman–Crippen MR) is 172 cm³/mol. The molecule has 4 aromatic carbocycles. The first-order valence-corrected chi connectivity index (χ1v) is 15.3. The third-order valence-electron chi connectivity index (χ3n) is 8.57. The van der Waals surface area contributed by atoms with Crippen LogP contribution in [0.5, 0.6) is 0 Å². The minimum absolute atomic E-state index is 0.0881. The van der Waals surface area contributed by atoms with Gasteiger partial charge in [0.25, 0.3) is 12.3 Å². The van der Waals surface area contributed by atoms with Gasteiger partial charge in [0.2, 0.25) is 11.2 Å². The number of carbonyl (C=O) groups excluding carboxylic acids is 1. The molecule has 6 nitrogen and oxygen atoms in total. The van der Waals surface area contributed by atoms with Gasteiger partial charge in [-0.15, -0.1) is 5.43 Å². The van der Waals surface area contributed by atoms with E-state index in [0.717, 1.165) is 17.3 Å². The summed E-state index contributed by atoms with van der Waals surface area (Å²) in [4.78, 5) is 15.7. The zero-order chi connectivity index (χ0) is 37.0. The molecular formula is C35H24ClF9N5O+. The molecule has 16 heteroatoms. The van der Waals surface area contributed by atoms with Crippen LogP contribution in [0.2, 0.25) is 0 Å². The Bertz CT molecular complexity index is 2200. The fourth-order valence-electron chi connectivity index (χ4n) is 6.13. The molecule has 5 aromatic rings. The van der Waals surface area contributed by atoms with E-state index in [-0.39, 0.29) is 33.9 Å². The standard InChI is InChI=1S/C35H24ClF9N5O/c1-17-30(15-46-47-17)49(29-9-5-3-7-18(29)20-11-25(39)27(41)13-23(20)37)32(51)22-16-50(2,48-35(22,33(36)43)34(44)45)31-10-6-4-8-19(31)21-12-26(40)28(42)14-24(21)38/h3-16,33-34,48H,1-2H3,(H,46,47)/q+1. The maximum atomic E-state index is 15.6. The number of amides is 1. The fraction of sp³-hybridized carbons (Fsp3) is 0.143. The minimum atomic E-state index is -3.75. The largest absolute Gasteiger partial charge is 0.281 e. The van der Waals surface area contributed by atoms with Crippen LogP contribution in [0.1, 0.15) is 5.69 Å². The molecule has 0 spiro atoms. The summed E-state index contributed by atoms with van der Waals surface area (Å²) in [6, 6.07) is 12.4. The number of quaternary nitrogens is 1. The Hall–Kier alpha value is -5.12. The second kappa shape index (κ2) is 13.2. The molecule has 264 valence electrons. The number of hydrogen-bond acceptors (Lipinski definition) is 3. The topological polar surface area (TPSA) is 61.0 Å². The summed E-state index contributed by atoms with van der Waals surface area (Å²) in [5.41, 5.74) is -6.51. The smallest absolute Gasteiger partial charge is 0.270 e. The highest BCUT2D eigenvalue weighted by Crippen LogP contribution is 2.47. The van der Waals surface area contributed by atoms with Crippen LogP contribution in [-0.2, 0) is 4.79 Å². The zero-order valence-electron chi connectivity index (χ0n) is 26.3. The molecule has 1 aliphatic heterocycles.